The van der Waals surface area contributed by atoms with Gasteiger partial charge in [0.2, 0.25) is 0 Å². The summed E-state index contributed by atoms with van der Waals surface area (Å²) in [5, 5.41) is 16.7. The second kappa shape index (κ2) is 5.59. The second-order valence-electron chi connectivity index (χ2n) is 5.81. The quantitative estimate of drug-likeness (QED) is 0.591. The first-order valence-electron chi connectivity index (χ1n) is 7.76. The average molecular weight is 336 g/mol. The molecule has 3 heterocycles. The smallest absolute Gasteiger partial charge is 0.307 e. The Morgan fingerprint density at radius 1 is 1.32 bits per heavy atom. The standard InChI is InChI=1S/C17H16N6O2/c1-18-16-15-17(22(2)9-19-15)23-13(20-16)8-12(21-23)11-5-3-4-10(6-11)7-14(24)25/h3-6,8-9H,7H2,1-2H3,(H,18,20)(H,24,25). The summed E-state index contributed by atoms with van der Waals surface area (Å²) < 4.78 is 3.64. The van der Waals surface area contributed by atoms with Crippen molar-refractivity contribution in [1.29, 1.82) is 0 Å². The van der Waals surface area contributed by atoms with Crippen LogP contribution in [-0.2, 0) is 18.3 Å². The fourth-order valence-electron chi connectivity index (χ4n) is 2.95. The van der Waals surface area contributed by atoms with Gasteiger partial charge in [0.15, 0.2) is 22.6 Å². The number of carboxylic acid groups (broad SMARTS) is 1. The number of anilines is 1. The van der Waals surface area contributed by atoms with Gasteiger partial charge in [0.05, 0.1) is 18.4 Å². The molecule has 4 rings (SSSR count). The van der Waals surface area contributed by atoms with Crippen LogP contribution in [0.4, 0.5) is 5.82 Å². The highest BCUT2D eigenvalue weighted by atomic mass is 16.4. The second-order valence-corrected chi connectivity index (χ2v) is 5.81. The molecule has 8 heteroatoms. The number of carbonyl (C=O) groups is 1. The number of nitrogens with one attached hydrogen (secondary N) is 1. The van der Waals surface area contributed by atoms with Gasteiger partial charge in [0, 0.05) is 25.7 Å². The first-order valence-corrected chi connectivity index (χ1v) is 7.76. The Balaban J connectivity index is 1.91. The van der Waals surface area contributed by atoms with Crippen molar-refractivity contribution in [3.8, 4) is 11.3 Å². The van der Waals surface area contributed by atoms with Gasteiger partial charge < -0.3 is 15.0 Å². The maximum Gasteiger partial charge on any atom is 0.307 e. The van der Waals surface area contributed by atoms with E-state index >= 15 is 0 Å². The Morgan fingerprint density at radius 3 is 2.92 bits per heavy atom. The molecule has 0 spiro atoms. The Kier molecular flexibility index (Phi) is 3.38. The lowest BCUT2D eigenvalue weighted by atomic mass is 10.1. The van der Waals surface area contributed by atoms with Crippen molar-refractivity contribution in [2.75, 3.05) is 12.4 Å². The fourth-order valence-corrected chi connectivity index (χ4v) is 2.95. The molecule has 0 bridgehead atoms. The molecule has 4 aromatic rings. The van der Waals surface area contributed by atoms with Crippen LogP contribution in [0.1, 0.15) is 5.56 Å². The van der Waals surface area contributed by atoms with Crippen molar-refractivity contribution in [3.63, 3.8) is 0 Å². The highest BCUT2D eigenvalue weighted by molar-refractivity contribution is 5.86. The van der Waals surface area contributed by atoms with Crippen molar-refractivity contribution in [1.82, 2.24) is 24.1 Å². The topological polar surface area (TPSA) is 97.3 Å². The molecule has 0 aliphatic carbocycles. The van der Waals surface area contributed by atoms with E-state index in [4.69, 9.17) is 5.11 Å². The first-order chi connectivity index (χ1) is 12.1. The zero-order valence-electron chi connectivity index (χ0n) is 13.8. The molecule has 0 radical (unpaired) electrons. The van der Waals surface area contributed by atoms with Gasteiger partial charge in [-0.25, -0.2) is 9.97 Å². The van der Waals surface area contributed by atoms with Crippen LogP contribution < -0.4 is 5.32 Å². The highest BCUT2D eigenvalue weighted by Gasteiger charge is 2.15. The van der Waals surface area contributed by atoms with Crippen molar-refractivity contribution in [2.24, 2.45) is 7.05 Å². The Bertz CT molecular complexity index is 1110. The van der Waals surface area contributed by atoms with E-state index in [0.717, 1.165) is 28.0 Å². The molecular formula is C17H16N6O2. The van der Waals surface area contributed by atoms with Gasteiger partial charge in [-0.05, 0) is 11.6 Å². The van der Waals surface area contributed by atoms with Gasteiger partial charge >= 0.3 is 5.97 Å². The zero-order chi connectivity index (χ0) is 17.6. The van der Waals surface area contributed by atoms with Crippen LogP contribution in [0.3, 0.4) is 0 Å². The van der Waals surface area contributed by atoms with Crippen LogP contribution in [0.25, 0.3) is 28.1 Å². The molecule has 25 heavy (non-hydrogen) atoms. The van der Waals surface area contributed by atoms with Crippen LogP contribution in [0, 0.1) is 0 Å². The fraction of sp³-hybridized carbons (Fsp3) is 0.176. The molecule has 8 nitrogen and oxygen atoms in total. The van der Waals surface area contributed by atoms with Crippen LogP contribution in [0.5, 0.6) is 0 Å². The SMILES string of the molecule is CNc1nc2cc(-c3cccc(CC(=O)O)c3)nn2c2c1ncn2C. The molecule has 0 aliphatic heterocycles. The van der Waals surface area contributed by atoms with Crippen LogP contribution in [0.2, 0.25) is 0 Å². The van der Waals surface area contributed by atoms with Gasteiger partial charge in [-0.3, -0.25) is 4.79 Å². The van der Waals surface area contributed by atoms with E-state index in [2.05, 4.69) is 20.4 Å². The molecular weight excluding hydrogens is 320 g/mol. The summed E-state index contributed by atoms with van der Waals surface area (Å²) in [5.74, 6) is -0.168. The molecule has 0 saturated heterocycles. The summed E-state index contributed by atoms with van der Waals surface area (Å²) in [7, 11) is 3.71. The molecule has 0 unspecified atom stereocenters. The van der Waals surface area contributed by atoms with Gasteiger partial charge in [0.1, 0.15) is 0 Å². The molecule has 126 valence electrons. The van der Waals surface area contributed by atoms with Crippen molar-refractivity contribution >= 4 is 28.6 Å². The monoisotopic (exact) mass is 336 g/mol. The number of nitrogens with zero attached hydrogens (tertiary/aromatic N) is 5. The average Bonchev–Trinajstić information content (AvgIpc) is 3.17. The number of hydrogen-bond acceptors (Lipinski definition) is 5. The number of aryl methyl sites for hydroxylation is 1. The minimum Gasteiger partial charge on any atom is -0.481 e. The lowest BCUT2D eigenvalue weighted by Crippen LogP contribution is -2.02. The van der Waals surface area contributed by atoms with E-state index < -0.39 is 5.97 Å². The number of hydrogen-bond donors (Lipinski definition) is 2. The zero-order valence-corrected chi connectivity index (χ0v) is 13.8. The summed E-state index contributed by atoms with van der Waals surface area (Å²) in [6.07, 6.45) is 1.71. The van der Waals surface area contributed by atoms with E-state index in [1.165, 1.54) is 0 Å². The number of aromatic nitrogens is 5. The van der Waals surface area contributed by atoms with Crippen LogP contribution in [-0.4, -0.2) is 42.3 Å². The summed E-state index contributed by atoms with van der Waals surface area (Å²) in [6.45, 7) is 0. The van der Waals surface area contributed by atoms with Crippen molar-refractivity contribution in [3.05, 3.63) is 42.2 Å². The van der Waals surface area contributed by atoms with E-state index in [0.29, 0.717) is 11.5 Å². The lowest BCUT2D eigenvalue weighted by Gasteiger charge is -2.03. The minimum atomic E-state index is -0.857. The molecule has 1 aromatic carbocycles. The van der Waals surface area contributed by atoms with Gasteiger partial charge in [-0.1, -0.05) is 18.2 Å². The van der Waals surface area contributed by atoms with E-state index in [1.54, 1.807) is 24.0 Å². The summed E-state index contributed by atoms with van der Waals surface area (Å²) in [4.78, 5) is 19.9. The minimum absolute atomic E-state index is 0.0185. The third-order valence-electron chi connectivity index (χ3n) is 4.06. The van der Waals surface area contributed by atoms with E-state index in [-0.39, 0.29) is 6.42 Å². The normalized spacial score (nSPS) is 11.3. The Labute approximate surface area is 142 Å². The van der Waals surface area contributed by atoms with Crippen molar-refractivity contribution in [2.45, 2.75) is 6.42 Å². The molecule has 3 aromatic heterocycles. The first kappa shape index (κ1) is 15.1. The van der Waals surface area contributed by atoms with E-state index in [1.807, 2.05) is 35.9 Å². The molecule has 0 saturated carbocycles. The Morgan fingerprint density at radius 2 is 2.16 bits per heavy atom. The molecule has 2 N–H and O–H groups in total. The molecule has 0 atom stereocenters. The molecule has 0 aliphatic rings. The maximum atomic E-state index is 10.9. The summed E-state index contributed by atoms with van der Waals surface area (Å²) >= 11 is 0. The Hall–Kier alpha value is -3.42. The van der Waals surface area contributed by atoms with Crippen LogP contribution in [0.15, 0.2) is 36.7 Å². The number of rotatable bonds is 4. The van der Waals surface area contributed by atoms with Gasteiger partial charge in [-0.15, -0.1) is 0 Å². The summed E-state index contributed by atoms with van der Waals surface area (Å²) in [5.41, 5.74) is 4.59. The largest absolute Gasteiger partial charge is 0.481 e. The van der Waals surface area contributed by atoms with E-state index in [9.17, 15) is 4.79 Å². The number of aliphatic carboxylic acids is 1. The highest BCUT2D eigenvalue weighted by Crippen LogP contribution is 2.25. The maximum absolute atomic E-state index is 10.9. The number of imidazole rings is 1. The number of fused-ring (bicyclic) bond motifs is 3. The lowest BCUT2D eigenvalue weighted by molar-refractivity contribution is -0.136. The van der Waals surface area contributed by atoms with Gasteiger partial charge in [-0.2, -0.15) is 9.61 Å². The molecule has 0 fully saturated rings. The van der Waals surface area contributed by atoms with Gasteiger partial charge in [0.25, 0.3) is 0 Å². The molecule has 0 amide bonds. The van der Waals surface area contributed by atoms with Crippen molar-refractivity contribution < 1.29 is 9.90 Å². The number of benzene rings is 1. The van der Waals surface area contributed by atoms with Crippen LogP contribution >= 0.6 is 0 Å². The predicted molar refractivity (Wildman–Crippen MR) is 93.6 cm³/mol. The summed E-state index contributed by atoms with van der Waals surface area (Å²) in [6, 6.07) is 9.27. The third-order valence-corrected chi connectivity index (χ3v) is 4.06. The number of carboxylic acids is 1. The predicted octanol–water partition coefficient (Wildman–Crippen LogP) is 1.95. The third kappa shape index (κ3) is 2.47.